The van der Waals surface area contributed by atoms with Crippen LogP contribution in [0, 0.1) is 5.92 Å². The number of aliphatic hydroxyl groups is 1. The molecule has 2 rings (SSSR count). The van der Waals surface area contributed by atoms with E-state index < -0.39 is 0 Å². The van der Waals surface area contributed by atoms with E-state index in [-0.39, 0.29) is 12.4 Å². The summed E-state index contributed by atoms with van der Waals surface area (Å²) in [6.07, 6.45) is 3.33. The van der Waals surface area contributed by atoms with Gasteiger partial charge in [-0.3, -0.25) is 0 Å². The third-order valence-electron chi connectivity index (χ3n) is 3.73. The highest BCUT2D eigenvalue weighted by molar-refractivity contribution is 5.39. The highest BCUT2D eigenvalue weighted by atomic mass is 16.5. The van der Waals surface area contributed by atoms with E-state index in [2.05, 4.69) is 5.32 Å². The van der Waals surface area contributed by atoms with Crippen LogP contribution in [0.4, 0.5) is 0 Å². The molecule has 0 heterocycles. The normalized spacial score (nSPS) is 23.2. The van der Waals surface area contributed by atoms with E-state index in [1.54, 1.807) is 19.2 Å². The van der Waals surface area contributed by atoms with Gasteiger partial charge < -0.3 is 20.3 Å². The summed E-state index contributed by atoms with van der Waals surface area (Å²) in [5, 5.41) is 22.5. The maximum absolute atomic E-state index is 9.78. The minimum atomic E-state index is 0.238. The SMILES string of the molecule is COc1ccc(O)c(CNC2CCCC2CO)c1. The fourth-order valence-corrected chi connectivity index (χ4v) is 2.60. The average Bonchev–Trinajstić information content (AvgIpc) is 2.85. The van der Waals surface area contributed by atoms with Crippen molar-refractivity contribution in [2.24, 2.45) is 5.92 Å². The van der Waals surface area contributed by atoms with Gasteiger partial charge in [-0.2, -0.15) is 0 Å². The summed E-state index contributed by atoms with van der Waals surface area (Å²) in [7, 11) is 1.61. The molecule has 3 N–H and O–H groups in total. The number of aliphatic hydroxyl groups excluding tert-OH is 1. The number of methoxy groups -OCH3 is 1. The van der Waals surface area contributed by atoms with Crippen LogP contribution in [0.2, 0.25) is 0 Å². The molecule has 1 aliphatic carbocycles. The largest absolute Gasteiger partial charge is 0.508 e. The highest BCUT2D eigenvalue weighted by Crippen LogP contribution is 2.27. The topological polar surface area (TPSA) is 61.7 Å². The van der Waals surface area contributed by atoms with Crippen molar-refractivity contribution in [2.45, 2.75) is 31.8 Å². The van der Waals surface area contributed by atoms with Crippen molar-refractivity contribution >= 4 is 0 Å². The van der Waals surface area contributed by atoms with Crippen LogP contribution in [0.25, 0.3) is 0 Å². The Balaban J connectivity index is 1.97. The first-order valence-electron chi connectivity index (χ1n) is 6.44. The summed E-state index contributed by atoms with van der Waals surface area (Å²) in [6, 6.07) is 5.57. The summed E-state index contributed by atoms with van der Waals surface area (Å²) >= 11 is 0. The van der Waals surface area contributed by atoms with Crippen LogP contribution in [0.3, 0.4) is 0 Å². The van der Waals surface area contributed by atoms with Crippen molar-refractivity contribution in [3.05, 3.63) is 23.8 Å². The molecule has 0 aromatic heterocycles. The molecule has 1 aliphatic rings. The van der Waals surface area contributed by atoms with Gasteiger partial charge in [-0.25, -0.2) is 0 Å². The minimum absolute atomic E-state index is 0.238. The molecule has 2 unspecified atom stereocenters. The Morgan fingerprint density at radius 3 is 2.94 bits per heavy atom. The van der Waals surface area contributed by atoms with Crippen LogP contribution in [0.5, 0.6) is 11.5 Å². The van der Waals surface area contributed by atoms with Crippen molar-refractivity contribution in [1.29, 1.82) is 0 Å². The van der Waals surface area contributed by atoms with Crippen LogP contribution in [0.1, 0.15) is 24.8 Å². The van der Waals surface area contributed by atoms with Crippen LogP contribution < -0.4 is 10.1 Å². The minimum Gasteiger partial charge on any atom is -0.508 e. The molecule has 0 aliphatic heterocycles. The zero-order valence-corrected chi connectivity index (χ0v) is 10.7. The summed E-state index contributed by atoms with van der Waals surface area (Å²) in [5.74, 6) is 1.37. The van der Waals surface area contributed by atoms with Gasteiger partial charge in [0.1, 0.15) is 11.5 Å². The number of benzene rings is 1. The molecule has 1 fully saturated rings. The van der Waals surface area contributed by atoms with Crippen molar-refractivity contribution in [3.63, 3.8) is 0 Å². The third kappa shape index (κ3) is 2.94. The predicted octanol–water partition coefficient (Wildman–Crippen LogP) is 1.65. The molecule has 100 valence electrons. The highest BCUT2D eigenvalue weighted by Gasteiger charge is 2.26. The smallest absolute Gasteiger partial charge is 0.120 e. The Kier molecular flexibility index (Phi) is 4.44. The molecular weight excluding hydrogens is 230 g/mol. The van der Waals surface area contributed by atoms with E-state index >= 15 is 0 Å². The number of hydrogen-bond acceptors (Lipinski definition) is 4. The molecule has 0 saturated heterocycles. The maximum Gasteiger partial charge on any atom is 0.120 e. The number of hydrogen-bond donors (Lipinski definition) is 3. The lowest BCUT2D eigenvalue weighted by atomic mass is 10.0. The molecule has 18 heavy (non-hydrogen) atoms. The standard InChI is InChI=1S/C14H21NO3/c1-18-12-5-6-14(17)11(7-12)8-15-13-4-2-3-10(13)9-16/h5-7,10,13,15-17H,2-4,8-9H2,1H3. The molecule has 4 nitrogen and oxygen atoms in total. The molecular formula is C14H21NO3. The maximum atomic E-state index is 9.78. The van der Waals surface area contributed by atoms with Crippen LogP contribution in [-0.4, -0.2) is 30.0 Å². The molecule has 0 bridgehead atoms. The molecule has 1 saturated carbocycles. The lowest BCUT2D eigenvalue weighted by molar-refractivity contribution is 0.205. The number of phenolic OH excluding ortho intramolecular Hbond substituents is 1. The Morgan fingerprint density at radius 2 is 2.22 bits per heavy atom. The van der Waals surface area contributed by atoms with Gasteiger partial charge in [0.2, 0.25) is 0 Å². The van der Waals surface area contributed by atoms with Gasteiger partial charge in [0.05, 0.1) is 7.11 Å². The van der Waals surface area contributed by atoms with Gasteiger partial charge in [0.15, 0.2) is 0 Å². The van der Waals surface area contributed by atoms with Crippen molar-refractivity contribution in [2.75, 3.05) is 13.7 Å². The first-order valence-corrected chi connectivity index (χ1v) is 6.44. The molecule has 4 heteroatoms. The monoisotopic (exact) mass is 251 g/mol. The molecule has 1 aromatic carbocycles. The van der Waals surface area contributed by atoms with Crippen molar-refractivity contribution < 1.29 is 14.9 Å². The lowest BCUT2D eigenvalue weighted by Crippen LogP contribution is -2.33. The van der Waals surface area contributed by atoms with Gasteiger partial charge in [0.25, 0.3) is 0 Å². The van der Waals surface area contributed by atoms with E-state index in [0.29, 0.717) is 18.5 Å². The molecule has 0 spiro atoms. The quantitative estimate of drug-likeness (QED) is 0.744. The Bertz CT molecular complexity index is 395. The Hall–Kier alpha value is -1.26. The predicted molar refractivity (Wildman–Crippen MR) is 69.7 cm³/mol. The van der Waals surface area contributed by atoms with E-state index in [9.17, 15) is 10.2 Å². The van der Waals surface area contributed by atoms with Crippen molar-refractivity contribution in [1.82, 2.24) is 5.32 Å². The second-order valence-corrected chi connectivity index (χ2v) is 4.86. The average molecular weight is 251 g/mol. The summed E-state index contributed by atoms with van der Waals surface area (Å²) < 4.78 is 5.15. The number of rotatable bonds is 5. The first-order chi connectivity index (χ1) is 8.74. The van der Waals surface area contributed by atoms with Crippen LogP contribution in [-0.2, 0) is 6.54 Å². The fourth-order valence-electron chi connectivity index (χ4n) is 2.60. The van der Waals surface area contributed by atoms with E-state index in [1.165, 1.54) is 0 Å². The number of nitrogens with one attached hydrogen (secondary N) is 1. The van der Waals surface area contributed by atoms with Crippen LogP contribution in [0.15, 0.2) is 18.2 Å². The zero-order valence-electron chi connectivity index (χ0n) is 10.7. The van der Waals surface area contributed by atoms with E-state index in [4.69, 9.17) is 4.74 Å². The van der Waals surface area contributed by atoms with Crippen LogP contribution >= 0.6 is 0 Å². The van der Waals surface area contributed by atoms with Gasteiger partial charge >= 0.3 is 0 Å². The summed E-state index contributed by atoms with van der Waals surface area (Å²) in [4.78, 5) is 0. The number of ether oxygens (including phenoxy) is 1. The molecule has 0 amide bonds. The molecule has 0 radical (unpaired) electrons. The van der Waals surface area contributed by atoms with E-state index in [1.807, 2.05) is 6.07 Å². The summed E-state index contributed by atoms with van der Waals surface area (Å²) in [5.41, 5.74) is 0.831. The van der Waals surface area contributed by atoms with Gasteiger partial charge in [-0.1, -0.05) is 6.42 Å². The van der Waals surface area contributed by atoms with E-state index in [0.717, 1.165) is 30.6 Å². The van der Waals surface area contributed by atoms with Gasteiger partial charge in [0, 0.05) is 24.8 Å². The lowest BCUT2D eigenvalue weighted by Gasteiger charge is -2.19. The third-order valence-corrected chi connectivity index (χ3v) is 3.73. The fraction of sp³-hybridized carbons (Fsp3) is 0.571. The first kappa shape index (κ1) is 13.2. The number of phenols is 1. The second-order valence-electron chi connectivity index (χ2n) is 4.86. The molecule has 1 aromatic rings. The Labute approximate surface area is 108 Å². The van der Waals surface area contributed by atoms with Gasteiger partial charge in [-0.05, 0) is 37.0 Å². The number of aromatic hydroxyl groups is 1. The van der Waals surface area contributed by atoms with Gasteiger partial charge in [-0.15, -0.1) is 0 Å². The molecule has 2 atom stereocenters. The second kappa shape index (κ2) is 6.07. The zero-order chi connectivity index (χ0) is 13.0. The summed E-state index contributed by atoms with van der Waals surface area (Å²) in [6.45, 7) is 0.839. The Morgan fingerprint density at radius 1 is 1.39 bits per heavy atom. The van der Waals surface area contributed by atoms with Crippen molar-refractivity contribution in [3.8, 4) is 11.5 Å².